The molecule has 4 rings (SSSR count). The maximum Gasteiger partial charge on any atom is 0.414 e. The van der Waals surface area contributed by atoms with Gasteiger partial charge in [-0.05, 0) is 37.1 Å². The summed E-state index contributed by atoms with van der Waals surface area (Å²) in [5.41, 5.74) is 2.38. The maximum absolute atomic E-state index is 9.10. The quantitative estimate of drug-likeness (QED) is 0.563. The molecule has 2 aromatic carbocycles. The van der Waals surface area contributed by atoms with Gasteiger partial charge < -0.3 is 15.1 Å². The van der Waals surface area contributed by atoms with Gasteiger partial charge in [0, 0.05) is 26.2 Å². The molecule has 3 aromatic rings. The number of aromatic nitrogens is 1. The Morgan fingerprint density at radius 2 is 1.81 bits per heavy atom. The van der Waals surface area contributed by atoms with E-state index in [9.17, 15) is 0 Å². The van der Waals surface area contributed by atoms with Crippen molar-refractivity contribution in [1.29, 1.82) is 0 Å². The van der Waals surface area contributed by atoms with Crippen LogP contribution in [0.4, 0.5) is 5.13 Å². The summed E-state index contributed by atoms with van der Waals surface area (Å²) in [6.45, 7) is 3.30. The number of hydrogen-bond acceptors (Lipinski definition) is 6. The van der Waals surface area contributed by atoms with Crippen LogP contribution >= 0.6 is 11.3 Å². The van der Waals surface area contributed by atoms with Crippen LogP contribution in [0.15, 0.2) is 60.7 Å². The van der Waals surface area contributed by atoms with Crippen molar-refractivity contribution in [3.63, 3.8) is 0 Å². The number of hydrogen-bond donors (Lipinski definition) is 2. The zero-order valence-electron chi connectivity index (χ0n) is 17.9. The second-order valence-electron chi connectivity index (χ2n) is 7.55. The van der Waals surface area contributed by atoms with Crippen LogP contribution in [0.5, 0.6) is 0 Å². The highest BCUT2D eigenvalue weighted by Gasteiger charge is 2.24. The Labute approximate surface area is 191 Å². The molecule has 0 aliphatic carbocycles. The largest absolute Gasteiger partial charge is 0.473 e. The van der Waals surface area contributed by atoms with Crippen LogP contribution in [-0.2, 0) is 9.59 Å². The van der Waals surface area contributed by atoms with E-state index in [1.165, 1.54) is 29.6 Å². The van der Waals surface area contributed by atoms with Crippen molar-refractivity contribution in [1.82, 2.24) is 9.88 Å². The highest BCUT2D eigenvalue weighted by Crippen LogP contribution is 2.30. The van der Waals surface area contributed by atoms with Crippen molar-refractivity contribution >= 4 is 44.7 Å². The zero-order chi connectivity index (χ0) is 22.9. The number of benzene rings is 2. The summed E-state index contributed by atoms with van der Waals surface area (Å²) in [4.78, 5) is 28.0. The molecule has 0 spiro atoms. The predicted octanol–water partition coefficient (Wildman–Crippen LogP) is 4.07. The van der Waals surface area contributed by atoms with Crippen LogP contribution < -0.4 is 4.90 Å². The lowest BCUT2D eigenvalue weighted by Crippen LogP contribution is -2.46. The molecule has 0 bridgehead atoms. The fourth-order valence-electron chi connectivity index (χ4n) is 3.58. The van der Waals surface area contributed by atoms with E-state index in [0.29, 0.717) is 6.04 Å². The minimum atomic E-state index is -1.82. The molecule has 2 heterocycles. The molecule has 8 heteroatoms. The number of aliphatic carboxylic acids is 2. The summed E-state index contributed by atoms with van der Waals surface area (Å²) in [6.07, 6.45) is 7.00. The van der Waals surface area contributed by atoms with Gasteiger partial charge in [-0.25, -0.2) is 14.6 Å². The third-order valence-corrected chi connectivity index (χ3v) is 6.40. The van der Waals surface area contributed by atoms with E-state index in [1.54, 1.807) is 11.3 Å². The van der Waals surface area contributed by atoms with Crippen molar-refractivity contribution in [2.45, 2.75) is 18.9 Å². The first-order chi connectivity index (χ1) is 15.4. The summed E-state index contributed by atoms with van der Waals surface area (Å²) in [5, 5.41) is 15.9. The van der Waals surface area contributed by atoms with E-state index in [1.807, 2.05) is 0 Å². The molecule has 2 N–H and O–H groups in total. The smallest absolute Gasteiger partial charge is 0.414 e. The fourth-order valence-corrected chi connectivity index (χ4v) is 4.58. The Balaban J connectivity index is 0.000000427. The van der Waals surface area contributed by atoms with Gasteiger partial charge in [-0.1, -0.05) is 66.0 Å². The number of likely N-dealkylation sites (tertiary alicyclic amines) is 1. The Kier molecular flexibility index (Phi) is 8.35. The van der Waals surface area contributed by atoms with Crippen LogP contribution in [0, 0.1) is 0 Å². The topological polar surface area (TPSA) is 94.0 Å². The second-order valence-corrected chi connectivity index (χ2v) is 8.56. The number of carbonyl (C=O) groups is 2. The van der Waals surface area contributed by atoms with Crippen LogP contribution in [-0.4, -0.2) is 64.8 Å². The van der Waals surface area contributed by atoms with E-state index in [2.05, 4.69) is 83.6 Å². The second kappa shape index (κ2) is 11.4. The molecule has 1 saturated heterocycles. The van der Waals surface area contributed by atoms with Crippen LogP contribution in [0.1, 0.15) is 18.4 Å². The van der Waals surface area contributed by atoms with E-state index >= 15 is 0 Å². The number of para-hydroxylation sites is 1. The monoisotopic (exact) mass is 453 g/mol. The van der Waals surface area contributed by atoms with E-state index in [0.717, 1.165) is 23.7 Å². The molecular formula is C24H27N3O4S. The summed E-state index contributed by atoms with van der Waals surface area (Å²) in [7, 11) is 2.20. The molecule has 1 aromatic heterocycles. The first-order valence-corrected chi connectivity index (χ1v) is 11.2. The molecule has 0 amide bonds. The number of thiazole rings is 1. The lowest BCUT2D eigenvalue weighted by atomic mass is 10.0. The molecule has 1 aliphatic heterocycles. The number of piperidine rings is 1. The van der Waals surface area contributed by atoms with Crippen molar-refractivity contribution < 1.29 is 19.8 Å². The Morgan fingerprint density at radius 1 is 1.12 bits per heavy atom. The van der Waals surface area contributed by atoms with Crippen molar-refractivity contribution in [3.8, 4) is 0 Å². The molecule has 1 unspecified atom stereocenters. The zero-order valence-corrected chi connectivity index (χ0v) is 18.7. The lowest BCUT2D eigenvalue weighted by molar-refractivity contribution is -0.159. The lowest BCUT2D eigenvalue weighted by Gasteiger charge is -2.37. The van der Waals surface area contributed by atoms with E-state index in [-0.39, 0.29) is 0 Å². The Bertz CT molecular complexity index is 1020. The average molecular weight is 454 g/mol. The summed E-state index contributed by atoms with van der Waals surface area (Å²) < 4.78 is 1.27. The van der Waals surface area contributed by atoms with Gasteiger partial charge in [0.15, 0.2) is 5.13 Å². The molecule has 7 nitrogen and oxygen atoms in total. The molecule has 168 valence electrons. The van der Waals surface area contributed by atoms with Gasteiger partial charge in [0.2, 0.25) is 0 Å². The normalized spacial score (nSPS) is 16.5. The molecular weight excluding hydrogens is 426 g/mol. The number of likely N-dealkylation sites (N-methyl/N-ethyl adjacent to an activating group) is 1. The van der Waals surface area contributed by atoms with Crippen LogP contribution in [0.3, 0.4) is 0 Å². The van der Waals surface area contributed by atoms with Crippen LogP contribution in [0.25, 0.3) is 16.3 Å². The average Bonchev–Trinajstić information content (AvgIpc) is 3.24. The number of rotatable bonds is 5. The Morgan fingerprint density at radius 3 is 2.50 bits per heavy atom. The molecule has 0 saturated carbocycles. The van der Waals surface area contributed by atoms with Gasteiger partial charge in [-0.2, -0.15) is 0 Å². The van der Waals surface area contributed by atoms with Gasteiger partial charge in [0.05, 0.1) is 10.2 Å². The van der Waals surface area contributed by atoms with E-state index in [4.69, 9.17) is 24.8 Å². The highest BCUT2D eigenvalue weighted by atomic mass is 32.1. The maximum atomic E-state index is 9.10. The molecule has 32 heavy (non-hydrogen) atoms. The van der Waals surface area contributed by atoms with Crippen molar-refractivity contribution in [3.05, 3.63) is 66.2 Å². The molecule has 1 aliphatic rings. The predicted molar refractivity (Wildman–Crippen MR) is 128 cm³/mol. The van der Waals surface area contributed by atoms with Crippen LogP contribution in [0.2, 0.25) is 0 Å². The number of nitrogens with zero attached hydrogens (tertiary/aromatic N) is 3. The number of fused-ring (bicyclic) bond motifs is 1. The number of carboxylic acid groups (broad SMARTS) is 2. The molecule has 1 atom stereocenters. The third-order valence-electron chi connectivity index (χ3n) is 5.27. The molecule has 0 radical (unpaired) electrons. The van der Waals surface area contributed by atoms with Gasteiger partial charge in [-0.3, -0.25) is 4.90 Å². The SMILES string of the molecule is CN(c1nc2ccccc2s1)C1CCCN(CC=Cc2ccccc2)C1.O=C(O)C(=O)O. The number of carboxylic acids is 2. The van der Waals surface area contributed by atoms with Gasteiger partial charge >= 0.3 is 11.9 Å². The number of anilines is 1. The summed E-state index contributed by atoms with van der Waals surface area (Å²) in [6, 6.07) is 19.5. The van der Waals surface area contributed by atoms with Gasteiger partial charge in [-0.15, -0.1) is 0 Å². The van der Waals surface area contributed by atoms with E-state index < -0.39 is 11.9 Å². The first-order valence-electron chi connectivity index (χ1n) is 10.4. The minimum Gasteiger partial charge on any atom is -0.473 e. The summed E-state index contributed by atoms with van der Waals surface area (Å²) in [5.74, 6) is -3.65. The molecule has 1 fully saturated rings. The summed E-state index contributed by atoms with van der Waals surface area (Å²) >= 11 is 1.80. The standard InChI is InChI=1S/C22H25N3S.C2H2O4/c1-24(22-23-20-13-5-6-14-21(20)26-22)19-12-8-16-25(17-19)15-7-11-18-9-3-2-4-10-18;3-1(4)2(5)6/h2-7,9-11,13-14,19H,8,12,15-17H2,1H3;(H,3,4)(H,5,6). The van der Waals surface area contributed by atoms with Gasteiger partial charge in [0.1, 0.15) is 0 Å². The Hall–Kier alpha value is -3.23. The fraction of sp³-hybridized carbons (Fsp3) is 0.292. The first kappa shape index (κ1) is 23.4. The highest BCUT2D eigenvalue weighted by molar-refractivity contribution is 7.22. The minimum absolute atomic E-state index is 0.537. The van der Waals surface area contributed by atoms with Gasteiger partial charge in [0.25, 0.3) is 0 Å². The third kappa shape index (κ3) is 6.63. The van der Waals surface area contributed by atoms with Crippen molar-refractivity contribution in [2.24, 2.45) is 0 Å². The van der Waals surface area contributed by atoms with Crippen molar-refractivity contribution in [2.75, 3.05) is 31.6 Å².